The van der Waals surface area contributed by atoms with Gasteiger partial charge in [0.2, 0.25) is 17.6 Å². The number of anilines is 1. The van der Waals surface area contributed by atoms with Crippen molar-refractivity contribution in [2.24, 2.45) is 0 Å². The lowest BCUT2D eigenvalue weighted by Crippen LogP contribution is -2.13. The van der Waals surface area contributed by atoms with Crippen molar-refractivity contribution in [2.75, 3.05) is 19.5 Å². The van der Waals surface area contributed by atoms with E-state index in [9.17, 15) is 4.79 Å². The monoisotopic (exact) mass is 367 g/mol. The van der Waals surface area contributed by atoms with Crippen LogP contribution >= 0.6 is 0 Å². The smallest absolute Gasteiger partial charge is 0.227 e. The van der Waals surface area contributed by atoms with Crippen LogP contribution in [0.3, 0.4) is 0 Å². The van der Waals surface area contributed by atoms with E-state index in [1.165, 1.54) is 7.11 Å². The zero-order valence-corrected chi connectivity index (χ0v) is 15.5. The number of benzene rings is 2. The Kier molecular flexibility index (Phi) is 5.71. The number of aryl methyl sites for hydroxylation is 2. The number of amides is 1. The molecule has 140 valence electrons. The summed E-state index contributed by atoms with van der Waals surface area (Å²) in [4.78, 5) is 16.6. The van der Waals surface area contributed by atoms with Crippen LogP contribution in [0.1, 0.15) is 17.9 Å². The van der Waals surface area contributed by atoms with E-state index in [4.69, 9.17) is 14.0 Å². The van der Waals surface area contributed by atoms with Crippen LogP contribution in [-0.2, 0) is 11.2 Å². The molecule has 3 aromatic rings. The topological polar surface area (TPSA) is 86.5 Å². The molecular formula is C20H21N3O4. The Morgan fingerprint density at radius 2 is 2.00 bits per heavy atom. The van der Waals surface area contributed by atoms with Gasteiger partial charge in [-0.3, -0.25) is 4.79 Å². The maximum Gasteiger partial charge on any atom is 0.227 e. The van der Waals surface area contributed by atoms with Gasteiger partial charge in [-0.05, 0) is 25.1 Å². The van der Waals surface area contributed by atoms with Gasteiger partial charge in [-0.2, -0.15) is 4.98 Å². The zero-order chi connectivity index (χ0) is 19.2. The molecule has 0 saturated carbocycles. The summed E-state index contributed by atoms with van der Waals surface area (Å²) in [6, 6.07) is 13.0. The largest absolute Gasteiger partial charge is 0.497 e. The summed E-state index contributed by atoms with van der Waals surface area (Å²) < 4.78 is 15.7. The Labute approximate surface area is 157 Å². The molecule has 7 nitrogen and oxygen atoms in total. The van der Waals surface area contributed by atoms with Crippen LogP contribution < -0.4 is 14.8 Å². The highest BCUT2D eigenvalue weighted by atomic mass is 16.5. The van der Waals surface area contributed by atoms with E-state index in [1.54, 1.807) is 25.3 Å². The van der Waals surface area contributed by atoms with Crippen molar-refractivity contribution >= 4 is 11.6 Å². The van der Waals surface area contributed by atoms with E-state index in [-0.39, 0.29) is 12.3 Å². The first-order valence-corrected chi connectivity index (χ1v) is 8.50. The third-order valence-electron chi connectivity index (χ3n) is 3.99. The minimum Gasteiger partial charge on any atom is -0.497 e. The van der Waals surface area contributed by atoms with Gasteiger partial charge in [0.15, 0.2) is 0 Å². The molecule has 27 heavy (non-hydrogen) atoms. The number of nitrogens with zero attached hydrogens (tertiary/aromatic N) is 2. The van der Waals surface area contributed by atoms with E-state index in [1.807, 2.05) is 31.2 Å². The minimum absolute atomic E-state index is 0.172. The lowest BCUT2D eigenvalue weighted by Gasteiger charge is -2.11. The highest BCUT2D eigenvalue weighted by Gasteiger charge is 2.13. The molecule has 1 aromatic heterocycles. The lowest BCUT2D eigenvalue weighted by atomic mass is 10.1. The average molecular weight is 367 g/mol. The van der Waals surface area contributed by atoms with Crippen molar-refractivity contribution in [1.29, 1.82) is 0 Å². The molecule has 1 amide bonds. The van der Waals surface area contributed by atoms with Crippen molar-refractivity contribution < 1.29 is 18.8 Å². The van der Waals surface area contributed by atoms with Crippen LogP contribution in [0.25, 0.3) is 11.4 Å². The Hall–Kier alpha value is -3.35. The second-order valence-electron chi connectivity index (χ2n) is 6.00. The molecule has 0 bridgehead atoms. The van der Waals surface area contributed by atoms with Crippen molar-refractivity contribution in [2.45, 2.75) is 19.8 Å². The van der Waals surface area contributed by atoms with E-state index in [0.29, 0.717) is 35.3 Å². The van der Waals surface area contributed by atoms with Crippen molar-refractivity contribution in [3.8, 4) is 22.9 Å². The maximum absolute atomic E-state index is 12.2. The molecule has 0 aliphatic carbocycles. The van der Waals surface area contributed by atoms with Crippen LogP contribution in [0.5, 0.6) is 11.5 Å². The molecule has 2 aromatic carbocycles. The van der Waals surface area contributed by atoms with E-state index >= 15 is 0 Å². The number of nitrogens with one attached hydrogen (secondary N) is 1. The van der Waals surface area contributed by atoms with Gasteiger partial charge in [0.1, 0.15) is 11.5 Å². The molecule has 0 radical (unpaired) electrons. The molecule has 0 aliphatic rings. The summed E-state index contributed by atoms with van der Waals surface area (Å²) in [6.07, 6.45) is 0.563. The SMILES string of the molecule is COc1ccc(NC(=O)CCc2nc(-c3cccc(C)c3)no2)c(OC)c1. The fraction of sp³-hybridized carbons (Fsp3) is 0.250. The van der Waals surface area contributed by atoms with Gasteiger partial charge in [-0.15, -0.1) is 0 Å². The van der Waals surface area contributed by atoms with E-state index in [0.717, 1.165) is 11.1 Å². The van der Waals surface area contributed by atoms with Crippen LogP contribution in [0.2, 0.25) is 0 Å². The molecule has 0 fully saturated rings. The fourth-order valence-corrected chi connectivity index (χ4v) is 2.59. The zero-order valence-electron chi connectivity index (χ0n) is 15.5. The normalized spacial score (nSPS) is 10.5. The average Bonchev–Trinajstić information content (AvgIpc) is 3.16. The Balaban J connectivity index is 1.60. The molecule has 0 aliphatic heterocycles. The molecule has 1 N–H and O–H groups in total. The van der Waals surface area contributed by atoms with E-state index in [2.05, 4.69) is 15.5 Å². The van der Waals surface area contributed by atoms with Gasteiger partial charge in [0.25, 0.3) is 0 Å². The Bertz CT molecular complexity index is 936. The lowest BCUT2D eigenvalue weighted by molar-refractivity contribution is -0.116. The van der Waals surface area contributed by atoms with Gasteiger partial charge in [-0.25, -0.2) is 0 Å². The van der Waals surface area contributed by atoms with Crippen LogP contribution in [-0.4, -0.2) is 30.3 Å². The second kappa shape index (κ2) is 8.35. The number of hydrogen-bond acceptors (Lipinski definition) is 6. The van der Waals surface area contributed by atoms with Crippen molar-refractivity contribution in [3.63, 3.8) is 0 Å². The summed E-state index contributed by atoms with van der Waals surface area (Å²) in [5.74, 6) is 1.95. The highest BCUT2D eigenvalue weighted by Crippen LogP contribution is 2.29. The molecule has 7 heteroatoms. The predicted molar refractivity (Wildman–Crippen MR) is 101 cm³/mol. The molecule has 1 heterocycles. The predicted octanol–water partition coefficient (Wildman–Crippen LogP) is 3.63. The quantitative estimate of drug-likeness (QED) is 0.686. The molecule has 0 spiro atoms. The second-order valence-corrected chi connectivity index (χ2v) is 6.00. The van der Waals surface area contributed by atoms with Crippen LogP contribution in [0.4, 0.5) is 5.69 Å². The first-order valence-electron chi connectivity index (χ1n) is 8.50. The summed E-state index contributed by atoms with van der Waals surface area (Å²) >= 11 is 0. The van der Waals surface area contributed by atoms with Gasteiger partial charge in [0, 0.05) is 24.5 Å². The van der Waals surface area contributed by atoms with Gasteiger partial charge in [0.05, 0.1) is 19.9 Å². The third kappa shape index (κ3) is 4.63. The number of carbonyl (C=O) groups is 1. The van der Waals surface area contributed by atoms with Crippen LogP contribution in [0, 0.1) is 6.92 Å². The van der Waals surface area contributed by atoms with Crippen molar-refractivity contribution in [1.82, 2.24) is 10.1 Å². The fourth-order valence-electron chi connectivity index (χ4n) is 2.59. The number of hydrogen-bond donors (Lipinski definition) is 1. The van der Waals surface area contributed by atoms with Gasteiger partial charge < -0.3 is 19.3 Å². The van der Waals surface area contributed by atoms with Crippen molar-refractivity contribution in [3.05, 3.63) is 53.9 Å². The summed E-state index contributed by atoms with van der Waals surface area (Å²) in [5.41, 5.74) is 2.58. The summed E-state index contributed by atoms with van der Waals surface area (Å²) in [6.45, 7) is 2.00. The minimum atomic E-state index is -0.172. The third-order valence-corrected chi connectivity index (χ3v) is 3.99. The number of aromatic nitrogens is 2. The number of ether oxygens (including phenoxy) is 2. The van der Waals surface area contributed by atoms with Gasteiger partial charge in [-0.1, -0.05) is 28.9 Å². The molecule has 0 unspecified atom stereocenters. The number of carbonyl (C=O) groups excluding carboxylic acids is 1. The molecule has 3 rings (SSSR count). The number of methoxy groups -OCH3 is 2. The van der Waals surface area contributed by atoms with Gasteiger partial charge >= 0.3 is 0 Å². The molecule has 0 atom stereocenters. The Morgan fingerprint density at radius 3 is 2.74 bits per heavy atom. The summed E-state index contributed by atoms with van der Waals surface area (Å²) in [5, 5.41) is 6.80. The van der Waals surface area contributed by atoms with E-state index < -0.39 is 0 Å². The maximum atomic E-state index is 12.2. The highest BCUT2D eigenvalue weighted by molar-refractivity contribution is 5.92. The Morgan fingerprint density at radius 1 is 1.15 bits per heavy atom. The van der Waals surface area contributed by atoms with Crippen LogP contribution in [0.15, 0.2) is 47.0 Å². The molecule has 0 saturated heterocycles. The molecular weight excluding hydrogens is 346 g/mol. The standard InChI is InChI=1S/C20H21N3O4/c1-13-5-4-6-14(11-13)20-22-19(27-23-20)10-9-18(24)21-16-8-7-15(25-2)12-17(16)26-3/h4-8,11-12H,9-10H2,1-3H3,(H,21,24). The number of rotatable bonds is 7. The first-order chi connectivity index (χ1) is 13.1. The summed E-state index contributed by atoms with van der Waals surface area (Å²) in [7, 11) is 3.11. The first kappa shape index (κ1) is 18.4.